The molecule has 0 rings (SSSR count). The van der Waals surface area contributed by atoms with Crippen molar-refractivity contribution in [1.82, 2.24) is 0 Å². The molecule has 0 aromatic heterocycles. The van der Waals surface area contributed by atoms with Crippen molar-refractivity contribution in [3.63, 3.8) is 0 Å². The highest BCUT2D eigenvalue weighted by molar-refractivity contribution is 7.53. The molecule has 0 aliphatic rings. The number of hydrogen-bond acceptors (Lipinski definition) is 2. The van der Waals surface area contributed by atoms with Crippen LogP contribution in [0.4, 0.5) is 0 Å². The van der Waals surface area contributed by atoms with Crippen LogP contribution in [0.25, 0.3) is 0 Å². The highest BCUT2D eigenvalue weighted by Crippen LogP contribution is 2.52. The van der Waals surface area contributed by atoms with Gasteiger partial charge in [0.2, 0.25) is 5.34 Å². The summed E-state index contributed by atoms with van der Waals surface area (Å²) in [7, 11) is 0.958. The predicted octanol–water partition coefficient (Wildman–Crippen LogP) is 6.38. The van der Waals surface area contributed by atoms with Gasteiger partial charge in [0.25, 0.3) is 0 Å². The van der Waals surface area contributed by atoms with Crippen LogP contribution in [0.1, 0.15) is 110 Å². The first-order valence-corrected chi connectivity index (χ1v) is 13.9. The highest BCUT2D eigenvalue weighted by atomic mass is 31.2. The summed E-state index contributed by atoms with van der Waals surface area (Å²) in [4.78, 5) is 19.2. The highest BCUT2D eigenvalue weighted by Gasteiger charge is 2.48. The van der Waals surface area contributed by atoms with Crippen LogP contribution in [-0.4, -0.2) is 52.4 Å². The maximum atomic E-state index is 11.8. The first kappa shape index (κ1) is 29.8. The van der Waals surface area contributed by atoms with Crippen molar-refractivity contribution in [2.24, 2.45) is 0 Å². The van der Waals surface area contributed by atoms with E-state index in [0.717, 1.165) is 25.7 Å². The second kappa shape index (κ2) is 16.4. The standard InChI is InChI=1S/C24H50NO4P/c1-5-6-7-8-9-10-11-12-13-14-15-16-17-18-19-20-21-22-24(26,30(27,28)29)23-25(2,3)4/h15-16,26H,5-14,17-23H2,1-4H3,(H-,27,28,29)/p+1/b16-15-. The lowest BCUT2D eigenvalue weighted by Gasteiger charge is -2.35. The van der Waals surface area contributed by atoms with E-state index in [-0.39, 0.29) is 13.0 Å². The molecule has 0 aliphatic carbocycles. The van der Waals surface area contributed by atoms with Crippen molar-refractivity contribution < 1.29 is 23.9 Å². The van der Waals surface area contributed by atoms with E-state index < -0.39 is 12.9 Å². The van der Waals surface area contributed by atoms with Gasteiger partial charge in [0.1, 0.15) is 6.54 Å². The van der Waals surface area contributed by atoms with Gasteiger partial charge >= 0.3 is 7.60 Å². The van der Waals surface area contributed by atoms with Gasteiger partial charge in [-0.3, -0.25) is 4.57 Å². The molecule has 0 radical (unpaired) electrons. The van der Waals surface area contributed by atoms with Crippen molar-refractivity contribution in [2.45, 2.75) is 115 Å². The van der Waals surface area contributed by atoms with E-state index in [0.29, 0.717) is 10.9 Å². The number of likely N-dealkylation sites (N-methyl/N-ethyl adjacent to an activating group) is 1. The molecule has 180 valence electrons. The second-order valence-electron chi connectivity index (χ2n) is 10.0. The number of unbranched alkanes of at least 4 members (excludes halogenated alkanes) is 13. The molecule has 1 unspecified atom stereocenters. The Balaban J connectivity index is 3.69. The lowest BCUT2D eigenvalue weighted by molar-refractivity contribution is -0.875. The number of rotatable bonds is 20. The van der Waals surface area contributed by atoms with E-state index in [4.69, 9.17) is 0 Å². The van der Waals surface area contributed by atoms with Gasteiger partial charge in [-0.15, -0.1) is 0 Å². The van der Waals surface area contributed by atoms with Crippen LogP contribution in [0.2, 0.25) is 0 Å². The van der Waals surface area contributed by atoms with Crippen molar-refractivity contribution >= 4 is 7.60 Å². The van der Waals surface area contributed by atoms with Gasteiger partial charge in [0.05, 0.1) is 21.1 Å². The number of quaternary nitrogens is 1. The second-order valence-corrected chi connectivity index (χ2v) is 11.9. The Morgan fingerprint density at radius 1 is 0.733 bits per heavy atom. The van der Waals surface area contributed by atoms with Crippen molar-refractivity contribution in [3.8, 4) is 0 Å². The molecule has 0 amide bonds. The summed E-state index contributed by atoms with van der Waals surface area (Å²) >= 11 is 0. The number of allylic oxidation sites excluding steroid dienone is 2. The zero-order chi connectivity index (χ0) is 22.9. The van der Waals surface area contributed by atoms with Crippen molar-refractivity contribution in [1.29, 1.82) is 0 Å². The Bertz CT molecular complexity index is 484. The minimum Gasteiger partial charge on any atom is -0.373 e. The number of aliphatic hydroxyl groups is 1. The van der Waals surface area contributed by atoms with Crippen LogP contribution in [-0.2, 0) is 4.57 Å². The molecule has 0 aliphatic heterocycles. The third-order valence-electron chi connectivity index (χ3n) is 5.61. The average Bonchev–Trinajstić information content (AvgIpc) is 2.62. The van der Waals surface area contributed by atoms with Gasteiger partial charge in [-0.05, 0) is 38.5 Å². The minimum atomic E-state index is -4.55. The van der Waals surface area contributed by atoms with E-state index in [1.807, 2.05) is 21.1 Å². The van der Waals surface area contributed by atoms with Gasteiger partial charge in [-0.1, -0.05) is 83.3 Å². The molecule has 0 fully saturated rings. The Labute approximate surface area is 186 Å². The quantitative estimate of drug-likeness (QED) is 0.0874. The molecule has 30 heavy (non-hydrogen) atoms. The molecular formula is C24H51NO4P+. The Hall–Kier alpha value is -0.190. The topological polar surface area (TPSA) is 77.8 Å². The van der Waals surface area contributed by atoms with E-state index in [1.54, 1.807) is 0 Å². The van der Waals surface area contributed by atoms with E-state index in [1.165, 1.54) is 64.2 Å². The summed E-state index contributed by atoms with van der Waals surface area (Å²) in [6.07, 6.45) is 22.9. The molecule has 0 aromatic carbocycles. The third kappa shape index (κ3) is 16.5. The molecule has 3 N–H and O–H groups in total. The van der Waals surface area contributed by atoms with Gasteiger partial charge in [0.15, 0.2) is 0 Å². The lowest BCUT2D eigenvalue weighted by atomic mass is 10.1. The largest absolute Gasteiger partial charge is 0.373 e. The van der Waals surface area contributed by atoms with Gasteiger partial charge < -0.3 is 19.4 Å². The molecule has 0 heterocycles. The van der Waals surface area contributed by atoms with Gasteiger partial charge in [-0.25, -0.2) is 0 Å². The molecule has 6 heteroatoms. The lowest BCUT2D eigenvalue weighted by Crippen LogP contribution is -2.49. The Kier molecular flexibility index (Phi) is 16.3. The molecule has 0 spiro atoms. The minimum absolute atomic E-state index is 0.0544. The van der Waals surface area contributed by atoms with Crippen molar-refractivity contribution in [2.75, 3.05) is 27.7 Å². The average molecular weight is 449 g/mol. The maximum absolute atomic E-state index is 11.8. The SMILES string of the molecule is CCCCCCCCCCC/C=C\CCCCCCC(O)(C[N+](C)(C)C)P(=O)(O)O. The van der Waals surface area contributed by atoms with E-state index in [9.17, 15) is 19.5 Å². The van der Waals surface area contributed by atoms with E-state index >= 15 is 0 Å². The summed E-state index contributed by atoms with van der Waals surface area (Å²) in [5.74, 6) is 0. The van der Waals surface area contributed by atoms with E-state index in [2.05, 4.69) is 19.1 Å². The summed E-state index contributed by atoms with van der Waals surface area (Å²) in [5.41, 5.74) is 0. The summed E-state index contributed by atoms with van der Waals surface area (Å²) in [6, 6.07) is 0. The first-order valence-electron chi connectivity index (χ1n) is 12.3. The molecule has 0 aromatic rings. The zero-order valence-corrected chi connectivity index (χ0v) is 21.2. The zero-order valence-electron chi connectivity index (χ0n) is 20.3. The fourth-order valence-electron chi connectivity index (χ4n) is 3.91. The fourth-order valence-corrected chi connectivity index (χ4v) is 4.97. The van der Waals surface area contributed by atoms with Gasteiger partial charge in [-0.2, -0.15) is 0 Å². The maximum Gasteiger partial charge on any atom is 0.362 e. The van der Waals surface area contributed by atoms with Crippen LogP contribution < -0.4 is 0 Å². The summed E-state index contributed by atoms with van der Waals surface area (Å²) in [5, 5.41) is 8.60. The first-order chi connectivity index (χ1) is 14.0. The van der Waals surface area contributed by atoms with Crippen molar-refractivity contribution in [3.05, 3.63) is 12.2 Å². The molecule has 0 bridgehead atoms. The van der Waals surface area contributed by atoms with Crippen LogP contribution in [0.5, 0.6) is 0 Å². The summed E-state index contributed by atoms with van der Waals surface area (Å²) < 4.78 is 12.1. The van der Waals surface area contributed by atoms with Crippen LogP contribution in [0, 0.1) is 0 Å². The molecule has 0 saturated heterocycles. The Morgan fingerprint density at radius 3 is 1.53 bits per heavy atom. The van der Waals surface area contributed by atoms with Crippen LogP contribution in [0.3, 0.4) is 0 Å². The number of hydrogen-bond donors (Lipinski definition) is 3. The van der Waals surface area contributed by atoms with Crippen LogP contribution in [0.15, 0.2) is 12.2 Å². The Morgan fingerprint density at radius 2 is 1.13 bits per heavy atom. The molecule has 1 atom stereocenters. The summed E-state index contributed by atoms with van der Waals surface area (Å²) in [6.45, 7) is 2.32. The predicted molar refractivity (Wildman–Crippen MR) is 129 cm³/mol. The normalized spacial score (nSPS) is 15.0. The van der Waals surface area contributed by atoms with Crippen LogP contribution >= 0.6 is 7.60 Å². The number of nitrogens with zero attached hydrogens (tertiary/aromatic N) is 1. The fraction of sp³-hybridized carbons (Fsp3) is 0.917. The molecule has 0 saturated carbocycles. The third-order valence-corrected chi connectivity index (χ3v) is 7.06. The monoisotopic (exact) mass is 448 g/mol. The smallest absolute Gasteiger partial charge is 0.362 e. The molecular weight excluding hydrogens is 397 g/mol. The molecule has 5 nitrogen and oxygen atoms in total. The van der Waals surface area contributed by atoms with Gasteiger partial charge in [0, 0.05) is 0 Å².